The van der Waals surface area contributed by atoms with Crippen LogP contribution in [0, 0.1) is 0 Å². The Morgan fingerprint density at radius 2 is 2.05 bits per heavy atom. The summed E-state index contributed by atoms with van der Waals surface area (Å²) in [6, 6.07) is 5.29. The van der Waals surface area contributed by atoms with Gasteiger partial charge in [0.15, 0.2) is 5.11 Å². The number of rotatable bonds is 3. The van der Waals surface area contributed by atoms with E-state index in [9.17, 15) is 13.6 Å². The summed E-state index contributed by atoms with van der Waals surface area (Å²) in [4.78, 5) is 13.5. The van der Waals surface area contributed by atoms with Crippen LogP contribution in [-0.4, -0.2) is 34.7 Å². The molecular weight excluding hydrogens is 300 g/mol. The van der Waals surface area contributed by atoms with Crippen LogP contribution in [0.4, 0.5) is 19.3 Å². The van der Waals surface area contributed by atoms with Gasteiger partial charge in [0.25, 0.3) is 0 Å². The van der Waals surface area contributed by atoms with Crippen LogP contribution in [0.5, 0.6) is 5.75 Å². The minimum atomic E-state index is -2.87. The monoisotopic (exact) mass is 315 g/mol. The molecule has 0 radical (unpaired) electrons. The standard InChI is InChI=1S/C13H15F2N3O2S/c1-13(2)7-18(12(21)17-13)11(19)16-8-3-5-9(6-4-8)20-10(14)15/h3-6,10H,7H2,1-2H3,(H,16,19)(H,17,21). The molecule has 8 heteroatoms. The van der Waals surface area contributed by atoms with Crippen LogP contribution in [0.3, 0.4) is 0 Å². The van der Waals surface area contributed by atoms with Crippen molar-refractivity contribution in [2.75, 3.05) is 11.9 Å². The molecule has 114 valence electrons. The van der Waals surface area contributed by atoms with Gasteiger partial charge in [0.05, 0.1) is 12.1 Å². The third-order valence-corrected chi connectivity index (χ3v) is 3.14. The number of carbonyl (C=O) groups is 1. The van der Waals surface area contributed by atoms with Crippen molar-refractivity contribution in [2.45, 2.75) is 26.0 Å². The number of thiocarbonyl (C=S) groups is 1. The maximum absolute atomic E-state index is 12.1. The number of urea groups is 1. The zero-order valence-electron chi connectivity index (χ0n) is 11.5. The number of halogens is 2. The van der Waals surface area contributed by atoms with Crippen molar-refractivity contribution in [1.82, 2.24) is 10.2 Å². The molecule has 2 amide bonds. The Balaban J connectivity index is 1.98. The smallest absolute Gasteiger partial charge is 0.387 e. The van der Waals surface area contributed by atoms with Gasteiger partial charge < -0.3 is 15.4 Å². The van der Waals surface area contributed by atoms with E-state index in [0.29, 0.717) is 17.3 Å². The van der Waals surface area contributed by atoms with E-state index in [1.165, 1.54) is 29.2 Å². The second-order valence-electron chi connectivity index (χ2n) is 5.23. The largest absolute Gasteiger partial charge is 0.435 e. The van der Waals surface area contributed by atoms with Crippen LogP contribution in [0.1, 0.15) is 13.8 Å². The van der Waals surface area contributed by atoms with Gasteiger partial charge in [-0.15, -0.1) is 0 Å². The number of nitrogens with one attached hydrogen (secondary N) is 2. The zero-order valence-corrected chi connectivity index (χ0v) is 12.3. The predicted octanol–water partition coefficient (Wildman–Crippen LogP) is 2.79. The number of hydrogen-bond acceptors (Lipinski definition) is 3. The van der Waals surface area contributed by atoms with Crippen LogP contribution in [0.25, 0.3) is 0 Å². The SMILES string of the molecule is CC1(C)CN(C(=O)Nc2ccc(OC(F)F)cc2)C(=S)N1. The number of anilines is 1. The summed E-state index contributed by atoms with van der Waals surface area (Å²) >= 11 is 5.10. The van der Waals surface area contributed by atoms with Crippen LogP contribution in [0.2, 0.25) is 0 Å². The molecule has 1 aromatic carbocycles. The van der Waals surface area contributed by atoms with E-state index in [0.717, 1.165) is 0 Å². The van der Waals surface area contributed by atoms with Gasteiger partial charge in [0.2, 0.25) is 0 Å². The van der Waals surface area contributed by atoms with Crippen LogP contribution < -0.4 is 15.4 Å². The van der Waals surface area contributed by atoms with Crippen LogP contribution >= 0.6 is 12.2 Å². The molecule has 21 heavy (non-hydrogen) atoms. The first-order valence-corrected chi connectivity index (χ1v) is 6.63. The third kappa shape index (κ3) is 4.01. The normalized spacial score (nSPS) is 16.8. The number of benzene rings is 1. The average Bonchev–Trinajstić information content (AvgIpc) is 2.64. The molecule has 2 N–H and O–H groups in total. The summed E-state index contributed by atoms with van der Waals surface area (Å²) < 4.78 is 28.3. The van der Waals surface area contributed by atoms with Gasteiger partial charge in [0, 0.05) is 5.69 Å². The summed E-state index contributed by atoms with van der Waals surface area (Å²) in [5.74, 6) is 0.0301. The summed E-state index contributed by atoms with van der Waals surface area (Å²) in [7, 11) is 0. The quantitative estimate of drug-likeness (QED) is 0.842. The van der Waals surface area contributed by atoms with Crippen molar-refractivity contribution >= 4 is 29.0 Å². The fraction of sp³-hybridized carbons (Fsp3) is 0.385. The van der Waals surface area contributed by atoms with Gasteiger partial charge in [-0.1, -0.05) is 0 Å². The van der Waals surface area contributed by atoms with E-state index in [1.807, 2.05) is 13.8 Å². The molecule has 0 atom stereocenters. The molecule has 5 nitrogen and oxygen atoms in total. The summed E-state index contributed by atoms with van der Waals surface area (Å²) in [5, 5.41) is 6.04. The summed E-state index contributed by atoms with van der Waals surface area (Å²) in [5.41, 5.74) is 0.192. The molecule has 0 spiro atoms. The topological polar surface area (TPSA) is 53.6 Å². The molecule has 0 bridgehead atoms. The van der Waals surface area contributed by atoms with Gasteiger partial charge in [0.1, 0.15) is 5.75 Å². The van der Waals surface area contributed by atoms with Crippen molar-refractivity contribution in [3.63, 3.8) is 0 Å². The maximum Gasteiger partial charge on any atom is 0.387 e. The molecule has 1 aromatic rings. The lowest BCUT2D eigenvalue weighted by Gasteiger charge is -2.18. The first-order valence-electron chi connectivity index (χ1n) is 6.22. The Labute approximate surface area is 126 Å². The predicted molar refractivity (Wildman–Crippen MR) is 78.6 cm³/mol. The second kappa shape index (κ2) is 5.80. The maximum atomic E-state index is 12.1. The van der Waals surface area contributed by atoms with E-state index < -0.39 is 6.61 Å². The molecule has 0 unspecified atom stereocenters. The van der Waals surface area contributed by atoms with Gasteiger partial charge in [-0.3, -0.25) is 4.90 Å². The highest BCUT2D eigenvalue weighted by Crippen LogP contribution is 2.20. The lowest BCUT2D eigenvalue weighted by atomic mass is 10.1. The number of carbonyl (C=O) groups excluding carboxylic acids is 1. The number of hydrogen-bond donors (Lipinski definition) is 2. The summed E-state index contributed by atoms with van der Waals surface area (Å²) in [6.07, 6.45) is 0. The Kier molecular flexibility index (Phi) is 4.26. The van der Waals surface area contributed by atoms with E-state index in [4.69, 9.17) is 12.2 Å². The Bertz CT molecular complexity index is 549. The molecule has 0 aliphatic carbocycles. The van der Waals surface area contributed by atoms with Crippen molar-refractivity contribution in [1.29, 1.82) is 0 Å². The molecule has 0 aromatic heterocycles. The Hall–Kier alpha value is -1.96. The zero-order chi connectivity index (χ0) is 15.6. The fourth-order valence-electron chi connectivity index (χ4n) is 1.94. The third-order valence-electron chi connectivity index (χ3n) is 2.82. The molecular formula is C13H15F2N3O2S. The lowest BCUT2D eigenvalue weighted by Crippen LogP contribution is -2.37. The molecule has 1 saturated heterocycles. The first kappa shape index (κ1) is 15.4. The molecule has 1 fully saturated rings. The fourth-order valence-corrected chi connectivity index (χ4v) is 2.36. The van der Waals surface area contributed by atoms with E-state index in [-0.39, 0.29) is 17.3 Å². The van der Waals surface area contributed by atoms with Crippen LogP contribution in [0.15, 0.2) is 24.3 Å². The molecule has 1 aliphatic rings. The highest BCUT2D eigenvalue weighted by molar-refractivity contribution is 7.80. The van der Waals surface area contributed by atoms with Crippen molar-refractivity contribution < 1.29 is 18.3 Å². The summed E-state index contributed by atoms with van der Waals surface area (Å²) in [6.45, 7) is 1.44. The molecule has 1 heterocycles. The van der Waals surface area contributed by atoms with Crippen molar-refractivity contribution in [3.05, 3.63) is 24.3 Å². The highest BCUT2D eigenvalue weighted by Gasteiger charge is 2.35. The first-order chi connectivity index (χ1) is 9.77. The second-order valence-corrected chi connectivity index (χ2v) is 5.62. The highest BCUT2D eigenvalue weighted by atomic mass is 32.1. The number of alkyl halides is 2. The van der Waals surface area contributed by atoms with Crippen molar-refractivity contribution in [3.8, 4) is 5.75 Å². The molecule has 2 rings (SSSR count). The molecule has 0 saturated carbocycles. The Morgan fingerprint density at radius 1 is 1.43 bits per heavy atom. The minimum absolute atomic E-state index is 0.0301. The van der Waals surface area contributed by atoms with Gasteiger partial charge in [-0.2, -0.15) is 8.78 Å². The number of amides is 2. The van der Waals surface area contributed by atoms with E-state index >= 15 is 0 Å². The number of nitrogens with zero attached hydrogens (tertiary/aromatic N) is 1. The van der Waals surface area contributed by atoms with Gasteiger partial charge >= 0.3 is 12.6 Å². The van der Waals surface area contributed by atoms with E-state index in [1.54, 1.807) is 0 Å². The van der Waals surface area contributed by atoms with E-state index in [2.05, 4.69) is 15.4 Å². The van der Waals surface area contributed by atoms with Gasteiger partial charge in [-0.05, 0) is 50.3 Å². The van der Waals surface area contributed by atoms with Crippen molar-refractivity contribution in [2.24, 2.45) is 0 Å². The van der Waals surface area contributed by atoms with Crippen LogP contribution in [-0.2, 0) is 0 Å². The van der Waals surface area contributed by atoms with Gasteiger partial charge in [-0.25, -0.2) is 4.79 Å². The minimum Gasteiger partial charge on any atom is -0.435 e. The Morgan fingerprint density at radius 3 is 2.52 bits per heavy atom. The molecule has 1 aliphatic heterocycles. The average molecular weight is 315 g/mol. The lowest BCUT2D eigenvalue weighted by molar-refractivity contribution is -0.0498. The number of ether oxygens (including phenoxy) is 1.